The number of nitrogens with zero attached hydrogens (tertiary/aromatic N) is 1. The predicted molar refractivity (Wildman–Crippen MR) is 116 cm³/mol. The van der Waals surface area contributed by atoms with Crippen molar-refractivity contribution in [3.8, 4) is 5.75 Å². The van der Waals surface area contributed by atoms with Crippen LogP contribution in [0.5, 0.6) is 5.75 Å². The molecule has 0 aliphatic rings. The van der Waals surface area contributed by atoms with Crippen LogP contribution >= 0.6 is 0 Å². The molecule has 0 heterocycles. The van der Waals surface area contributed by atoms with Crippen molar-refractivity contribution < 1.29 is 18.7 Å². The topological polar surface area (TPSA) is 58.6 Å². The van der Waals surface area contributed by atoms with E-state index in [0.717, 1.165) is 17.5 Å². The third-order valence-electron chi connectivity index (χ3n) is 5.18. The van der Waals surface area contributed by atoms with Crippen LogP contribution in [-0.2, 0) is 16.1 Å². The van der Waals surface area contributed by atoms with Gasteiger partial charge >= 0.3 is 0 Å². The Balaban J connectivity index is 2.24. The number of aryl methyl sites for hydroxylation is 1. The Kier molecular flexibility index (Phi) is 8.84. The van der Waals surface area contributed by atoms with Crippen molar-refractivity contribution in [2.24, 2.45) is 0 Å². The van der Waals surface area contributed by atoms with E-state index < -0.39 is 11.9 Å². The first-order valence-corrected chi connectivity index (χ1v) is 10.4. The number of ether oxygens (including phenoxy) is 1. The fraction of sp³-hybridized carbons (Fsp3) is 0.417. The Morgan fingerprint density at radius 3 is 2.37 bits per heavy atom. The summed E-state index contributed by atoms with van der Waals surface area (Å²) in [5.41, 5.74) is 1.98. The Morgan fingerprint density at radius 1 is 1.07 bits per heavy atom. The average Bonchev–Trinajstić information content (AvgIpc) is 2.74. The van der Waals surface area contributed by atoms with E-state index in [1.165, 1.54) is 17.0 Å². The molecule has 0 spiro atoms. The Hall–Kier alpha value is -2.89. The lowest BCUT2D eigenvalue weighted by molar-refractivity contribution is -0.143. The van der Waals surface area contributed by atoms with Crippen molar-refractivity contribution in [1.29, 1.82) is 0 Å². The van der Waals surface area contributed by atoms with Crippen LogP contribution in [0, 0.1) is 12.7 Å². The van der Waals surface area contributed by atoms with Gasteiger partial charge < -0.3 is 15.0 Å². The molecule has 162 valence electrons. The highest BCUT2D eigenvalue weighted by Crippen LogP contribution is 2.18. The maximum atomic E-state index is 13.9. The number of halogens is 1. The molecule has 1 N–H and O–H groups in total. The minimum atomic E-state index is -0.643. The van der Waals surface area contributed by atoms with Crippen LogP contribution in [0.1, 0.15) is 44.7 Å². The molecule has 0 radical (unpaired) electrons. The summed E-state index contributed by atoms with van der Waals surface area (Å²) in [5, 5.41) is 2.97. The normalized spacial score (nSPS) is 12.7. The molecule has 5 nitrogen and oxygen atoms in total. The highest BCUT2D eigenvalue weighted by molar-refractivity contribution is 5.88. The third kappa shape index (κ3) is 6.31. The lowest BCUT2D eigenvalue weighted by atomic mass is 10.1. The number of carbonyl (C=O) groups excluding carboxylic acids is 2. The quantitative estimate of drug-likeness (QED) is 0.633. The molecule has 0 aliphatic carbocycles. The first-order chi connectivity index (χ1) is 14.4. The van der Waals surface area contributed by atoms with E-state index >= 15 is 0 Å². The molecule has 2 atom stereocenters. The van der Waals surface area contributed by atoms with Crippen LogP contribution in [0.4, 0.5) is 4.39 Å². The summed E-state index contributed by atoms with van der Waals surface area (Å²) in [5.74, 6) is -1.08. The Labute approximate surface area is 178 Å². The van der Waals surface area contributed by atoms with Crippen LogP contribution in [0.2, 0.25) is 0 Å². The highest BCUT2D eigenvalue weighted by atomic mass is 19.1. The molecule has 0 aliphatic heterocycles. The lowest BCUT2D eigenvalue weighted by Crippen LogP contribution is -2.51. The number of para-hydroxylation sites is 1. The molecule has 0 saturated heterocycles. The van der Waals surface area contributed by atoms with Gasteiger partial charge in [-0.1, -0.05) is 50.2 Å². The minimum Gasteiger partial charge on any atom is -0.481 e. The molecule has 2 rings (SSSR count). The molecule has 2 amide bonds. The lowest BCUT2D eigenvalue weighted by Gasteiger charge is -2.31. The molecule has 2 aromatic rings. The van der Waals surface area contributed by atoms with Gasteiger partial charge in [0, 0.05) is 12.6 Å². The van der Waals surface area contributed by atoms with Crippen LogP contribution in [-0.4, -0.2) is 35.4 Å². The molecule has 0 saturated carbocycles. The smallest absolute Gasteiger partial charge is 0.261 e. The summed E-state index contributed by atoms with van der Waals surface area (Å²) in [4.78, 5) is 27.5. The maximum Gasteiger partial charge on any atom is 0.261 e. The van der Waals surface area contributed by atoms with E-state index in [4.69, 9.17) is 4.74 Å². The van der Waals surface area contributed by atoms with Crippen molar-refractivity contribution in [3.05, 3.63) is 65.5 Å². The molecular formula is C24H31FN2O3. The van der Waals surface area contributed by atoms with Crippen LogP contribution in [0.3, 0.4) is 0 Å². The Bertz CT molecular complexity index is 856. The van der Waals surface area contributed by atoms with Gasteiger partial charge in [-0.3, -0.25) is 9.59 Å². The number of carbonyl (C=O) groups is 2. The summed E-state index contributed by atoms with van der Waals surface area (Å²) in [7, 11) is 0. The van der Waals surface area contributed by atoms with Gasteiger partial charge in [0.2, 0.25) is 5.91 Å². The van der Waals surface area contributed by atoms with Crippen molar-refractivity contribution in [2.45, 2.75) is 59.2 Å². The molecule has 2 aromatic carbocycles. The fourth-order valence-electron chi connectivity index (χ4n) is 3.12. The monoisotopic (exact) mass is 414 g/mol. The molecule has 30 heavy (non-hydrogen) atoms. The van der Waals surface area contributed by atoms with E-state index in [-0.39, 0.29) is 36.8 Å². The van der Waals surface area contributed by atoms with Crippen molar-refractivity contribution in [3.63, 3.8) is 0 Å². The van der Waals surface area contributed by atoms with E-state index in [0.29, 0.717) is 6.42 Å². The van der Waals surface area contributed by atoms with E-state index in [2.05, 4.69) is 5.32 Å². The summed E-state index contributed by atoms with van der Waals surface area (Å²) in [6.45, 7) is 7.69. The molecule has 0 unspecified atom stereocenters. The first kappa shape index (κ1) is 23.4. The number of rotatable bonds is 10. The predicted octanol–water partition coefficient (Wildman–Crippen LogP) is 4.24. The van der Waals surface area contributed by atoms with E-state index in [9.17, 15) is 14.0 Å². The van der Waals surface area contributed by atoms with Crippen molar-refractivity contribution in [1.82, 2.24) is 10.2 Å². The van der Waals surface area contributed by atoms with Crippen LogP contribution in [0.15, 0.2) is 48.5 Å². The number of benzene rings is 2. The van der Waals surface area contributed by atoms with Crippen molar-refractivity contribution >= 4 is 11.8 Å². The zero-order chi connectivity index (χ0) is 22.1. The van der Waals surface area contributed by atoms with Crippen molar-refractivity contribution in [2.75, 3.05) is 6.61 Å². The van der Waals surface area contributed by atoms with Gasteiger partial charge in [-0.15, -0.1) is 0 Å². The summed E-state index contributed by atoms with van der Waals surface area (Å²) >= 11 is 0. The second-order valence-electron chi connectivity index (χ2n) is 7.41. The standard InChI is InChI=1S/C24H31FN2O3/c1-5-18(4)26-24(29)21(6-2)27(15-19-12-8-7-11-17(19)3)23(28)16-30-22-14-10-9-13-20(22)25/h7-14,18,21H,5-6,15-16H2,1-4H3,(H,26,29)/t18-,21+/m0/s1. The van der Waals surface area contributed by atoms with Crippen LogP contribution < -0.4 is 10.1 Å². The second kappa shape index (κ2) is 11.3. The molecule has 6 heteroatoms. The van der Waals surface area contributed by atoms with Crippen LogP contribution in [0.25, 0.3) is 0 Å². The average molecular weight is 415 g/mol. The van der Waals surface area contributed by atoms with Gasteiger partial charge in [0.15, 0.2) is 18.2 Å². The molecule has 0 bridgehead atoms. The van der Waals surface area contributed by atoms with Gasteiger partial charge in [0.1, 0.15) is 6.04 Å². The van der Waals surface area contributed by atoms with E-state index in [1.807, 2.05) is 52.0 Å². The van der Waals surface area contributed by atoms with Gasteiger partial charge in [-0.2, -0.15) is 0 Å². The maximum absolute atomic E-state index is 13.9. The van der Waals surface area contributed by atoms with E-state index in [1.54, 1.807) is 12.1 Å². The molecular weight excluding hydrogens is 383 g/mol. The minimum absolute atomic E-state index is 0.0108. The summed E-state index contributed by atoms with van der Waals surface area (Å²) in [6, 6.07) is 13.1. The highest BCUT2D eigenvalue weighted by Gasteiger charge is 2.29. The summed E-state index contributed by atoms with van der Waals surface area (Å²) in [6.07, 6.45) is 1.25. The number of hydrogen-bond acceptors (Lipinski definition) is 3. The zero-order valence-electron chi connectivity index (χ0n) is 18.2. The second-order valence-corrected chi connectivity index (χ2v) is 7.41. The third-order valence-corrected chi connectivity index (χ3v) is 5.18. The van der Waals surface area contributed by atoms with Gasteiger partial charge in [-0.25, -0.2) is 4.39 Å². The molecule has 0 aromatic heterocycles. The SMILES string of the molecule is CC[C@H](C(=O)N[C@@H](C)CC)N(Cc1ccccc1C)C(=O)COc1ccccc1F. The van der Waals surface area contributed by atoms with Gasteiger partial charge in [0.05, 0.1) is 0 Å². The molecule has 0 fully saturated rings. The number of hydrogen-bond donors (Lipinski definition) is 1. The first-order valence-electron chi connectivity index (χ1n) is 10.4. The number of amides is 2. The largest absolute Gasteiger partial charge is 0.481 e. The summed E-state index contributed by atoms with van der Waals surface area (Å²) < 4.78 is 19.3. The van der Waals surface area contributed by atoms with Gasteiger partial charge in [-0.05, 0) is 49.9 Å². The number of nitrogens with one attached hydrogen (secondary N) is 1. The fourth-order valence-corrected chi connectivity index (χ4v) is 3.12. The van der Waals surface area contributed by atoms with Gasteiger partial charge in [0.25, 0.3) is 5.91 Å². The zero-order valence-corrected chi connectivity index (χ0v) is 18.2. The Morgan fingerprint density at radius 2 is 1.73 bits per heavy atom.